The van der Waals surface area contributed by atoms with E-state index in [4.69, 9.17) is 0 Å². The first-order chi connectivity index (χ1) is 13.0. The van der Waals surface area contributed by atoms with E-state index in [2.05, 4.69) is 17.2 Å². The SMILES string of the molecule is CC[C@H]1CCc2sc(C(=O)NNS(=O)(=O)c3ccc4c(c3)CCC4)cc2C1. The van der Waals surface area contributed by atoms with Gasteiger partial charge in [0, 0.05) is 4.88 Å². The summed E-state index contributed by atoms with van der Waals surface area (Å²) in [5.74, 6) is 0.286. The fourth-order valence-electron chi connectivity index (χ4n) is 4.01. The van der Waals surface area contributed by atoms with Crippen molar-refractivity contribution in [2.75, 3.05) is 0 Å². The van der Waals surface area contributed by atoms with Crippen LogP contribution in [0.25, 0.3) is 0 Å². The number of carbonyl (C=O) groups is 1. The number of aryl methyl sites for hydroxylation is 3. The van der Waals surface area contributed by atoms with Crippen molar-refractivity contribution in [3.8, 4) is 0 Å². The molecule has 1 aromatic heterocycles. The van der Waals surface area contributed by atoms with Gasteiger partial charge in [-0.3, -0.25) is 10.2 Å². The van der Waals surface area contributed by atoms with Gasteiger partial charge in [0.2, 0.25) is 0 Å². The van der Waals surface area contributed by atoms with Gasteiger partial charge in [0.15, 0.2) is 0 Å². The first-order valence-corrected chi connectivity index (χ1v) is 11.8. The van der Waals surface area contributed by atoms with Gasteiger partial charge in [-0.05, 0) is 79.3 Å². The molecule has 0 unspecified atom stereocenters. The molecule has 0 saturated carbocycles. The van der Waals surface area contributed by atoms with Crippen LogP contribution in [0.5, 0.6) is 0 Å². The second-order valence-corrected chi connectivity index (χ2v) is 10.2. The predicted molar refractivity (Wildman–Crippen MR) is 106 cm³/mol. The number of hydrogen-bond donors (Lipinski definition) is 2. The van der Waals surface area contributed by atoms with E-state index >= 15 is 0 Å². The summed E-state index contributed by atoms with van der Waals surface area (Å²) in [5.41, 5.74) is 5.91. The van der Waals surface area contributed by atoms with Gasteiger partial charge in [-0.1, -0.05) is 19.4 Å². The fraction of sp³-hybridized carbons (Fsp3) is 0.450. The number of carbonyl (C=O) groups excluding carboxylic acids is 1. The van der Waals surface area contributed by atoms with Crippen LogP contribution in [0.4, 0.5) is 0 Å². The van der Waals surface area contributed by atoms with E-state index in [-0.39, 0.29) is 4.90 Å². The van der Waals surface area contributed by atoms with Gasteiger partial charge in [0.25, 0.3) is 15.9 Å². The van der Waals surface area contributed by atoms with Crippen LogP contribution in [0.1, 0.15) is 57.4 Å². The summed E-state index contributed by atoms with van der Waals surface area (Å²) in [6, 6.07) is 7.11. The molecule has 4 rings (SSSR count). The second kappa shape index (κ2) is 7.37. The zero-order chi connectivity index (χ0) is 19.0. The number of rotatable bonds is 5. The Labute approximate surface area is 164 Å². The molecule has 2 aliphatic carbocycles. The Morgan fingerprint density at radius 2 is 1.96 bits per heavy atom. The minimum atomic E-state index is -3.78. The lowest BCUT2D eigenvalue weighted by molar-refractivity contribution is 0.0949. The first kappa shape index (κ1) is 18.7. The molecule has 27 heavy (non-hydrogen) atoms. The van der Waals surface area contributed by atoms with Crippen molar-refractivity contribution in [1.82, 2.24) is 10.3 Å². The molecule has 1 heterocycles. The largest absolute Gasteiger partial charge is 0.276 e. The van der Waals surface area contributed by atoms with Gasteiger partial charge in [-0.15, -0.1) is 16.2 Å². The Morgan fingerprint density at radius 1 is 1.15 bits per heavy atom. The molecule has 0 bridgehead atoms. The fourth-order valence-corrected chi connectivity index (χ4v) is 6.00. The second-order valence-electron chi connectivity index (χ2n) is 7.42. The normalized spacial score (nSPS) is 18.8. The maximum atomic E-state index is 12.5. The molecular weight excluding hydrogens is 380 g/mol. The van der Waals surface area contributed by atoms with Crippen molar-refractivity contribution in [3.05, 3.63) is 50.7 Å². The zero-order valence-corrected chi connectivity index (χ0v) is 17.0. The molecule has 0 aliphatic heterocycles. The number of hydrazine groups is 1. The van der Waals surface area contributed by atoms with Gasteiger partial charge in [0.1, 0.15) is 0 Å². The third-order valence-electron chi connectivity index (χ3n) is 5.67. The number of nitrogens with one attached hydrogen (secondary N) is 2. The Hall–Kier alpha value is -1.70. The van der Waals surface area contributed by atoms with Gasteiger partial charge < -0.3 is 0 Å². The van der Waals surface area contributed by atoms with E-state index in [0.29, 0.717) is 10.8 Å². The van der Waals surface area contributed by atoms with Crippen LogP contribution in [-0.2, 0) is 35.7 Å². The summed E-state index contributed by atoms with van der Waals surface area (Å²) in [6.07, 6.45) is 7.30. The topological polar surface area (TPSA) is 75.3 Å². The maximum Gasteiger partial charge on any atom is 0.276 e. The number of benzene rings is 1. The molecule has 0 radical (unpaired) electrons. The van der Waals surface area contributed by atoms with Crippen molar-refractivity contribution in [1.29, 1.82) is 0 Å². The van der Waals surface area contributed by atoms with E-state index in [1.165, 1.54) is 27.3 Å². The van der Waals surface area contributed by atoms with Crippen LogP contribution in [0.15, 0.2) is 29.2 Å². The minimum Gasteiger partial charge on any atom is -0.273 e. The van der Waals surface area contributed by atoms with E-state index in [1.54, 1.807) is 12.1 Å². The molecule has 0 spiro atoms. The highest BCUT2D eigenvalue weighted by molar-refractivity contribution is 7.89. The molecule has 1 amide bonds. The lowest BCUT2D eigenvalue weighted by Crippen LogP contribution is -2.41. The number of amides is 1. The number of thiophene rings is 1. The van der Waals surface area contributed by atoms with Crippen LogP contribution in [0.2, 0.25) is 0 Å². The monoisotopic (exact) mass is 404 g/mol. The molecule has 2 N–H and O–H groups in total. The zero-order valence-electron chi connectivity index (χ0n) is 15.4. The van der Waals surface area contributed by atoms with E-state index in [1.807, 2.05) is 12.1 Å². The van der Waals surface area contributed by atoms with Crippen LogP contribution >= 0.6 is 11.3 Å². The average molecular weight is 405 g/mol. The molecule has 1 atom stereocenters. The molecule has 2 aromatic rings. The Balaban J connectivity index is 1.44. The summed E-state index contributed by atoms with van der Waals surface area (Å²) in [4.78, 5) is 16.7. The van der Waals surface area contributed by atoms with Gasteiger partial charge in [0.05, 0.1) is 9.77 Å². The van der Waals surface area contributed by atoms with Crippen molar-refractivity contribution < 1.29 is 13.2 Å². The van der Waals surface area contributed by atoms with Crippen molar-refractivity contribution in [2.45, 2.75) is 56.8 Å². The molecule has 0 fully saturated rings. The lowest BCUT2D eigenvalue weighted by Gasteiger charge is -2.19. The minimum absolute atomic E-state index is 0.194. The lowest BCUT2D eigenvalue weighted by atomic mass is 9.87. The third kappa shape index (κ3) is 3.81. The Kier molecular flexibility index (Phi) is 5.09. The van der Waals surface area contributed by atoms with Crippen molar-refractivity contribution in [2.24, 2.45) is 5.92 Å². The van der Waals surface area contributed by atoms with Crippen molar-refractivity contribution in [3.63, 3.8) is 0 Å². The molecule has 0 saturated heterocycles. The van der Waals surface area contributed by atoms with Gasteiger partial charge >= 0.3 is 0 Å². The molecule has 144 valence electrons. The smallest absolute Gasteiger partial charge is 0.273 e. The highest BCUT2D eigenvalue weighted by Crippen LogP contribution is 2.33. The first-order valence-electron chi connectivity index (χ1n) is 9.52. The predicted octanol–water partition coefficient (Wildman–Crippen LogP) is 3.38. The van der Waals surface area contributed by atoms with E-state index < -0.39 is 15.9 Å². The highest BCUT2D eigenvalue weighted by atomic mass is 32.2. The highest BCUT2D eigenvalue weighted by Gasteiger charge is 2.23. The molecule has 1 aromatic carbocycles. The van der Waals surface area contributed by atoms with Crippen LogP contribution in [-0.4, -0.2) is 14.3 Å². The summed E-state index contributed by atoms with van der Waals surface area (Å²) in [7, 11) is -3.78. The Bertz CT molecular complexity index is 979. The number of fused-ring (bicyclic) bond motifs is 2. The van der Waals surface area contributed by atoms with Crippen molar-refractivity contribution >= 4 is 27.3 Å². The number of hydrogen-bond acceptors (Lipinski definition) is 4. The summed E-state index contributed by atoms with van der Waals surface area (Å²) >= 11 is 1.47. The molecule has 2 aliphatic rings. The van der Waals surface area contributed by atoms with Crippen LogP contribution in [0, 0.1) is 5.92 Å². The average Bonchev–Trinajstić information content (AvgIpc) is 3.31. The molecule has 5 nitrogen and oxygen atoms in total. The summed E-state index contributed by atoms with van der Waals surface area (Å²) in [5, 5.41) is 0. The molecule has 7 heteroatoms. The van der Waals surface area contributed by atoms with Crippen LogP contribution in [0.3, 0.4) is 0 Å². The van der Waals surface area contributed by atoms with Gasteiger partial charge in [-0.2, -0.15) is 0 Å². The molecular formula is C20H24N2O3S2. The summed E-state index contributed by atoms with van der Waals surface area (Å²) in [6.45, 7) is 2.20. The van der Waals surface area contributed by atoms with Crippen LogP contribution < -0.4 is 10.3 Å². The Morgan fingerprint density at radius 3 is 2.78 bits per heavy atom. The quantitative estimate of drug-likeness (QED) is 0.750. The third-order valence-corrected chi connectivity index (χ3v) is 8.15. The van der Waals surface area contributed by atoms with Gasteiger partial charge in [-0.25, -0.2) is 8.42 Å². The standard InChI is InChI=1S/C20H24N2O3S2/c1-2-13-6-9-18-16(10-13)12-19(26-18)20(23)21-22-27(24,25)17-8-7-14-4-3-5-15(14)11-17/h7-8,11-13,22H,2-6,9-10H2,1H3,(H,21,23)/t13-/m0/s1. The van der Waals surface area contributed by atoms with E-state index in [9.17, 15) is 13.2 Å². The summed E-state index contributed by atoms with van der Waals surface area (Å²) < 4.78 is 25.0. The number of sulfonamides is 1. The van der Waals surface area contributed by atoms with E-state index in [0.717, 1.165) is 50.5 Å². The maximum absolute atomic E-state index is 12.5.